The number of rotatable bonds is 2. The molecule has 0 radical (unpaired) electrons. The average molecular weight is 290 g/mol. The predicted octanol–water partition coefficient (Wildman–Crippen LogP) is 1.96. The molecule has 2 N–H and O–H groups in total. The first-order valence-electron chi connectivity index (χ1n) is 7.95. The Balaban J connectivity index is 2.14. The smallest absolute Gasteiger partial charge is 0.127 e. The van der Waals surface area contributed by atoms with Crippen LogP contribution in [0.2, 0.25) is 0 Å². The van der Waals surface area contributed by atoms with Gasteiger partial charge < -0.3 is 15.2 Å². The summed E-state index contributed by atoms with van der Waals surface area (Å²) in [4.78, 5) is 2.52. The lowest BCUT2D eigenvalue weighted by Crippen LogP contribution is -2.55. The molecule has 0 bridgehead atoms. The van der Waals surface area contributed by atoms with Crippen LogP contribution >= 0.6 is 0 Å². The van der Waals surface area contributed by atoms with Gasteiger partial charge in [-0.2, -0.15) is 0 Å². The molecule has 1 aromatic carbocycles. The van der Waals surface area contributed by atoms with Gasteiger partial charge in [-0.25, -0.2) is 0 Å². The topological polar surface area (TPSA) is 47.7 Å². The van der Waals surface area contributed by atoms with Crippen LogP contribution in [0.4, 0.5) is 0 Å². The Bertz CT molecular complexity index is 512. The molecular formula is C17H26N2O2. The van der Waals surface area contributed by atoms with E-state index in [0.29, 0.717) is 6.54 Å². The summed E-state index contributed by atoms with van der Waals surface area (Å²) in [5.41, 5.74) is 10.0. The van der Waals surface area contributed by atoms with E-state index >= 15 is 0 Å². The van der Waals surface area contributed by atoms with Gasteiger partial charge in [0.15, 0.2) is 0 Å². The SMILES string of the molecule is Cc1ccc(C)c2c1OCCCC2(CN)N1CCOCC1. The van der Waals surface area contributed by atoms with Gasteiger partial charge in [0.25, 0.3) is 0 Å². The van der Waals surface area contributed by atoms with E-state index in [9.17, 15) is 0 Å². The second-order valence-corrected chi connectivity index (χ2v) is 6.19. The molecule has 0 amide bonds. The summed E-state index contributed by atoms with van der Waals surface area (Å²) in [5, 5.41) is 0. The van der Waals surface area contributed by atoms with Crippen LogP contribution in [0, 0.1) is 13.8 Å². The van der Waals surface area contributed by atoms with Crippen LogP contribution in [0.5, 0.6) is 5.75 Å². The van der Waals surface area contributed by atoms with E-state index in [1.54, 1.807) is 0 Å². The third-order valence-corrected chi connectivity index (χ3v) is 4.96. The molecule has 1 atom stereocenters. The van der Waals surface area contributed by atoms with E-state index in [2.05, 4.69) is 30.9 Å². The van der Waals surface area contributed by atoms with Gasteiger partial charge >= 0.3 is 0 Å². The van der Waals surface area contributed by atoms with Crippen LogP contribution in [-0.2, 0) is 10.3 Å². The maximum Gasteiger partial charge on any atom is 0.127 e. The zero-order valence-corrected chi connectivity index (χ0v) is 13.2. The number of ether oxygens (including phenoxy) is 2. The molecular weight excluding hydrogens is 264 g/mol. The van der Waals surface area contributed by atoms with Crippen molar-refractivity contribution in [1.29, 1.82) is 0 Å². The molecule has 2 aliphatic heterocycles. The Labute approximate surface area is 127 Å². The summed E-state index contributed by atoms with van der Waals surface area (Å²) >= 11 is 0. The third kappa shape index (κ3) is 2.45. The lowest BCUT2D eigenvalue weighted by molar-refractivity contribution is -0.0254. The van der Waals surface area contributed by atoms with Crippen molar-refractivity contribution in [3.8, 4) is 5.75 Å². The molecule has 1 saturated heterocycles. The number of nitrogens with two attached hydrogens (primary N) is 1. The van der Waals surface area contributed by atoms with Crippen molar-refractivity contribution in [3.05, 3.63) is 28.8 Å². The highest BCUT2D eigenvalue weighted by molar-refractivity contribution is 5.50. The predicted molar refractivity (Wildman–Crippen MR) is 83.8 cm³/mol. The number of hydrogen-bond acceptors (Lipinski definition) is 4. The van der Waals surface area contributed by atoms with Crippen LogP contribution in [0.3, 0.4) is 0 Å². The first-order valence-corrected chi connectivity index (χ1v) is 7.95. The minimum Gasteiger partial charge on any atom is -0.493 e. The van der Waals surface area contributed by atoms with Crippen LogP contribution in [0.15, 0.2) is 12.1 Å². The van der Waals surface area contributed by atoms with Gasteiger partial charge in [-0.3, -0.25) is 4.90 Å². The summed E-state index contributed by atoms with van der Waals surface area (Å²) in [7, 11) is 0. The van der Waals surface area contributed by atoms with Crippen molar-refractivity contribution in [2.75, 3.05) is 39.5 Å². The molecule has 116 valence electrons. The number of benzene rings is 1. The monoisotopic (exact) mass is 290 g/mol. The van der Waals surface area contributed by atoms with E-state index in [-0.39, 0.29) is 5.54 Å². The highest BCUT2D eigenvalue weighted by atomic mass is 16.5. The minimum absolute atomic E-state index is 0.105. The summed E-state index contributed by atoms with van der Waals surface area (Å²) < 4.78 is 11.6. The molecule has 0 spiro atoms. The second-order valence-electron chi connectivity index (χ2n) is 6.19. The summed E-state index contributed by atoms with van der Waals surface area (Å²) in [5.74, 6) is 1.06. The zero-order chi connectivity index (χ0) is 14.9. The fourth-order valence-corrected chi connectivity index (χ4v) is 3.85. The van der Waals surface area contributed by atoms with Crippen molar-refractivity contribution in [2.24, 2.45) is 5.73 Å². The standard InChI is InChI=1S/C17H26N2O2/c1-13-4-5-14(2)16-15(13)17(12-18,6-3-9-21-16)19-7-10-20-11-8-19/h4-5H,3,6-12,18H2,1-2H3. The molecule has 1 aromatic rings. The van der Waals surface area contributed by atoms with E-state index in [1.807, 2.05) is 0 Å². The zero-order valence-electron chi connectivity index (χ0n) is 13.2. The molecule has 2 aliphatic rings. The number of morpholine rings is 1. The van der Waals surface area contributed by atoms with E-state index in [4.69, 9.17) is 15.2 Å². The highest BCUT2D eigenvalue weighted by Crippen LogP contribution is 2.44. The molecule has 0 aromatic heterocycles. The Morgan fingerprint density at radius 1 is 1.14 bits per heavy atom. The average Bonchev–Trinajstić information content (AvgIpc) is 2.73. The molecule has 4 heteroatoms. The Kier molecular flexibility index (Phi) is 4.20. The highest BCUT2D eigenvalue weighted by Gasteiger charge is 2.42. The summed E-state index contributed by atoms with van der Waals surface area (Å²) in [6.45, 7) is 9.21. The number of nitrogens with zero attached hydrogens (tertiary/aromatic N) is 1. The van der Waals surface area contributed by atoms with Crippen molar-refractivity contribution in [3.63, 3.8) is 0 Å². The summed E-state index contributed by atoms with van der Waals surface area (Å²) in [6, 6.07) is 4.35. The maximum atomic E-state index is 6.33. The lowest BCUT2D eigenvalue weighted by Gasteiger charge is -2.46. The van der Waals surface area contributed by atoms with Crippen molar-refractivity contribution in [2.45, 2.75) is 32.2 Å². The lowest BCUT2D eigenvalue weighted by atomic mass is 9.80. The number of fused-ring (bicyclic) bond motifs is 1. The minimum atomic E-state index is -0.105. The molecule has 1 unspecified atom stereocenters. The van der Waals surface area contributed by atoms with Crippen molar-refractivity contribution >= 4 is 0 Å². The van der Waals surface area contributed by atoms with E-state index in [1.165, 1.54) is 16.7 Å². The normalized spacial score (nSPS) is 26.8. The molecule has 21 heavy (non-hydrogen) atoms. The second kappa shape index (κ2) is 5.95. The third-order valence-electron chi connectivity index (χ3n) is 4.96. The molecule has 3 rings (SSSR count). The van der Waals surface area contributed by atoms with Crippen molar-refractivity contribution < 1.29 is 9.47 Å². The molecule has 0 saturated carbocycles. The number of hydrogen-bond donors (Lipinski definition) is 1. The van der Waals surface area contributed by atoms with Gasteiger partial charge in [-0.05, 0) is 37.8 Å². The fourth-order valence-electron chi connectivity index (χ4n) is 3.85. The van der Waals surface area contributed by atoms with Gasteiger partial charge in [0.1, 0.15) is 5.75 Å². The Morgan fingerprint density at radius 2 is 1.86 bits per heavy atom. The van der Waals surface area contributed by atoms with Gasteiger partial charge in [-0.1, -0.05) is 12.1 Å². The van der Waals surface area contributed by atoms with Gasteiger partial charge in [0.05, 0.1) is 25.4 Å². The van der Waals surface area contributed by atoms with Crippen LogP contribution in [0.1, 0.15) is 29.5 Å². The largest absolute Gasteiger partial charge is 0.493 e. The quantitative estimate of drug-likeness (QED) is 0.904. The van der Waals surface area contributed by atoms with Crippen LogP contribution in [0.25, 0.3) is 0 Å². The van der Waals surface area contributed by atoms with Crippen LogP contribution < -0.4 is 10.5 Å². The first-order chi connectivity index (χ1) is 10.2. The van der Waals surface area contributed by atoms with E-state index < -0.39 is 0 Å². The number of aryl methyl sites for hydroxylation is 2. The maximum absolute atomic E-state index is 6.33. The van der Waals surface area contributed by atoms with Crippen LogP contribution in [-0.4, -0.2) is 44.4 Å². The molecule has 1 fully saturated rings. The van der Waals surface area contributed by atoms with Gasteiger partial charge in [-0.15, -0.1) is 0 Å². The van der Waals surface area contributed by atoms with Gasteiger partial charge in [0, 0.05) is 25.2 Å². The molecule has 0 aliphatic carbocycles. The van der Waals surface area contributed by atoms with E-state index in [0.717, 1.165) is 51.5 Å². The Morgan fingerprint density at radius 3 is 2.57 bits per heavy atom. The first kappa shape index (κ1) is 14.8. The van der Waals surface area contributed by atoms with Crippen molar-refractivity contribution in [1.82, 2.24) is 4.90 Å². The fraction of sp³-hybridized carbons (Fsp3) is 0.647. The summed E-state index contributed by atoms with van der Waals surface area (Å²) in [6.07, 6.45) is 2.10. The molecule has 2 heterocycles. The van der Waals surface area contributed by atoms with Gasteiger partial charge in [0.2, 0.25) is 0 Å². The Hall–Kier alpha value is -1.10. The molecule has 4 nitrogen and oxygen atoms in total.